The standard InChI is InChI=1S/C19H27FN2O2/c1-6-18(2,3)17-8-12-7-15(21)14(20)9-16(12)22(17)10-13-11-23-19(4,5)24-13/h7-9,13H,6,10-11,21H2,1-5H3/t13-/m1/s1. The first-order chi connectivity index (χ1) is 11.1. The van der Waals surface area contributed by atoms with Crippen molar-refractivity contribution >= 4 is 16.6 Å². The fraction of sp³-hybridized carbons (Fsp3) is 0.579. The van der Waals surface area contributed by atoms with E-state index in [0.29, 0.717) is 13.2 Å². The molecule has 0 saturated carbocycles. The molecule has 1 aromatic carbocycles. The number of hydrogen-bond acceptors (Lipinski definition) is 3. The second-order valence-electron chi connectivity index (χ2n) is 7.76. The van der Waals surface area contributed by atoms with Gasteiger partial charge in [0.15, 0.2) is 5.79 Å². The van der Waals surface area contributed by atoms with Gasteiger partial charge < -0.3 is 19.8 Å². The van der Waals surface area contributed by atoms with Gasteiger partial charge in [0.2, 0.25) is 0 Å². The molecule has 0 amide bonds. The van der Waals surface area contributed by atoms with Crippen molar-refractivity contribution in [3.05, 3.63) is 29.7 Å². The molecule has 24 heavy (non-hydrogen) atoms. The number of nitrogen functional groups attached to an aromatic ring is 1. The number of benzene rings is 1. The Labute approximate surface area is 142 Å². The third-order valence-electron chi connectivity index (χ3n) is 5.05. The van der Waals surface area contributed by atoms with Gasteiger partial charge in [-0.05, 0) is 32.4 Å². The van der Waals surface area contributed by atoms with Gasteiger partial charge in [0, 0.05) is 22.6 Å². The number of ether oxygens (including phenoxy) is 2. The van der Waals surface area contributed by atoms with E-state index in [2.05, 4.69) is 31.4 Å². The van der Waals surface area contributed by atoms with E-state index in [4.69, 9.17) is 15.2 Å². The van der Waals surface area contributed by atoms with Crippen molar-refractivity contribution < 1.29 is 13.9 Å². The predicted octanol–water partition coefficient (Wildman–Crippen LogP) is 4.20. The van der Waals surface area contributed by atoms with Crippen LogP contribution in [0.25, 0.3) is 10.9 Å². The Balaban J connectivity index is 2.09. The van der Waals surface area contributed by atoms with Crippen molar-refractivity contribution in [3.8, 4) is 0 Å². The smallest absolute Gasteiger partial charge is 0.163 e. The second-order valence-corrected chi connectivity index (χ2v) is 7.76. The monoisotopic (exact) mass is 334 g/mol. The lowest BCUT2D eigenvalue weighted by molar-refractivity contribution is -0.139. The number of nitrogens with two attached hydrogens (primary N) is 1. The molecule has 0 aliphatic carbocycles. The molecule has 1 fully saturated rings. The summed E-state index contributed by atoms with van der Waals surface area (Å²) in [7, 11) is 0. The number of hydrogen-bond donors (Lipinski definition) is 1. The molecule has 132 valence electrons. The van der Waals surface area contributed by atoms with Gasteiger partial charge in [-0.1, -0.05) is 20.8 Å². The van der Waals surface area contributed by atoms with Gasteiger partial charge in [-0.3, -0.25) is 0 Å². The van der Waals surface area contributed by atoms with Crippen LogP contribution >= 0.6 is 0 Å². The molecular formula is C19H27FN2O2. The van der Waals surface area contributed by atoms with Crippen LogP contribution in [-0.4, -0.2) is 23.1 Å². The fourth-order valence-electron chi connectivity index (χ4n) is 3.30. The second kappa shape index (κ2) is 5.74. The lowest BCUT2D eigenvalue weighted by Gasteiger charge is -2.27. The molecule has 0 unspecified atom stereocenters. The van der Waals surface area contributed by atoms with E-state index in [-0.39, 0.29) is 23.0 Å². The summed E-state index contributed by atoms with van der Waals surface area (Å²) in [5.41, 5.74) is 7.93. The van der Waals surface area contributed by atoms with Crippen molar-refractivity contribution in [2.45, 2.75) is 64.9 Å². The number of halogens is 1. The van der Waals surface area contributed by atoms with Crippen LogP contribution in [0, 0.1) is 5.82 Å². The molecule has 1 atom stereocenters. The highest BCUT2D eigenvalue weighted by atomic mass is 19.1. The highest BCUT2D eigenvalue weighted by Crippen LogP contribution is 2.35. The summed E-state index contributed by atoms with van der Waals surface area (Å²) in [6, 6.07) is 5.36. The van der Waals surface area contributed by atoms with E-state index >= 15 is 0 Å². The maximum absolute atomic E-state index is 14.1. The number of anilines is 1. The molecule has 2 heterocycles. The number of fused-ring (bicyclic) bond motifs is 1. The Morgan fingerprint density at radius 3 is 2.62 bits per heavy atom. The first-order valence-electron chi connectivity index (χ1n) is 8.53. The van der Waals surface area contributed by atoms with Crippen LogP contribution in [0.4, 0.5) is 10.1 Å². The quantitative estimate of drug-likeness (QED) is 0.853. The lowest BCUT2D eigenvalue weighted by atomic mass is 9.86. The van der Waals surface area contributed by atoms with Crippen molar-refractivity contribution in [2.75, 3.05) is 12.3 Å². The Morgan fingerprint density at radius 1 is 1.33 bits per heavy atom. The van der Waals surface area contributed by atoms with Gasteiger partial charge in [0.1, 0.15) is 11.9 Å². The van der Waals surface area contributed by atoms with Gasteiger partial charge >= 0.3 is 0 Å². The van der Waals surface area contributed by atoms with Crippen LogP contribution in [-0.2, 0) is 21.4 Å². The average Bonchev–Trinajstić information content (AvgIpc) is 3.01. The Kier molecular flexibility index (Phi) is 4.12. The summed E-state index contributed by atoms with van der Waals surface area (Å²) in [5, 5.41) is 0.962. The van der Waals surface area contributed by atoms with Crippen molar-refractivity contribution in [1.82, 2.24) is 4.57 Å². The number of rotatable bonds is 4. The first-order valence-corrected chi connectivity index (χ1v) is 8.53. The summed E-state index contributed by atoms with van der Waals surface area (Å²) in [5.74, 6) is -0.948. The molecule has 0 radical (unpaired) electrons. The minimum absolute atomic E-state index is 0.0285. The highest BCUT2D eigenvalue weighted by Gasteiger charge is 2.34. The summed E-state index contributed by atoms with van der Waals surface area (Å²) in [6.07, 6.45) is 0.928. The SMILES string of the molecule is CCC(C)(C)c1cc2cc(N)c(F)cc2n1C[C@@H]1COC(C)(C)O1. The van der Waals surface area contributed by atoms with Gasteiger partial charge in [0.05, 0.1) is 24.4 Å². The zero-order valence-electron chi connectivity index (χ0n) is 15.1. The fourth-order valence-corrected chi connectivity index (χ4v) is 3.30. The van der Waals surface area contributed by atoms with E-state index in [1.807, 2.05) is 13.8 Å². The van der Waals surface area contributed by atoms with Crippen molar-refractivity contribution in [2.24, 2.45) is 0 Å². The van der Waals surface area contributed by atoms with Crippen LogP contribution in [0.3, 0.4) is 0 Å². The molecule has 1 saturated heterocycles. The van der Waals surface area contributed by atoms with Gasteiger partial charge in [-0.25, -0.2) is 4.39 Å². The summed E-state index contributed by atoms with van der Waals surface area (Å²) >= 11 is 0. The third-order valence-corrected chi connectivity index (χ3v) is 5.05. The molecular weight excluding hydrogens is 307 g/mol. The highest BCUT2D eigenvalue weighted by molar-refractivity contribution is 5.85. The summed E-state index contributed by atoms with van der Waals surface area (Å²) in [4.78, 5) is 0. The summed E-state index contributed by atoms with van der Waals surface area (Å²) < 4.78 is 27.9. The number of aromatic nitrogens is 1. The van der Waals surface area contributed by atoms with E-state index in [1.165, 1.54) is 11.8 Å². The van der Waals surface area contributed by atoms with Crippen LogP contribution < -0.4 is 5.73 Å². The largest absolute Gasteiger partial charge is 0.396 e. The maximum Gasteiger partial charge on any atom is 0.163 e. The third kappa shape index (κ3) is 3.03. The van der Waals surface area contributed by atoms with Crippen LogP contribution in [0.1, 0.15) is 46.7 Å². The minimum atomic E-state index is -0.566. The van der Waals surface area contributed by atoms with E-state index in [1.54, 1.807) is 6.07 Å². The van der Waals surface area contributed by atoms with Crippen LogP contribution in [0.2, 0.25) is 0 Å². The Bertz CT molecular complexity index is 764. The lowest BCUT2D eigenvalue weighted by Crippen LogP contribution is -2.27. The Hall–Kier alpha value is -1.59. The molecule has 0 spiro atoms. The average molecular weight is 334 g/mol. The van der Waals surface area contributed by atoms with Gasteiger partial charge in [-0.15, -0.1) is 0 Å². The molecule has 2 aromatic rings. The molecule has 1 aliphatic rings. The van der Waals surface area contributed by atoms with Gasteiger partial charge in [-0.2, -0.15) is 0 Å². The molecule has 4 nitrogen and oxygen atoms in total. The molecule has 1 aromatic heterocycles. The molecule has 5 heteroatoms. The molecule has 3 rings (SSSR count). The number of nitrogens with zero attached hydrogens (tertiary/aromatic N) is 1. The van der Waals surface area contributed by atoms with E-state index in [9.17, 15) is 4.39 Å². The molecule has 2 N–H and O–H groups in total. The zero-order valence-corrected chi connectivity index (χ0v) is 15.1. The summed E-state index contributed by atoms with van der Waals surface area (Å²) in [6.45, 7) is 11.6. The van der Waals surface area contributed by atoms with Crippen LogP contribution in [0.5, 0.6) is 0 Å². The minimum Gasteiger partial charge on any atom is -0.396 e. The van der Waals surface area contributed by atoms with Crippen molar-refractivity contribution in [3.63, 3.8) is 0 Å². The maximum atomic E-state index is 14.1. The normalized spacial score (nSPS) is 20.8. The van der Waals surface area contributed by atoms with E-state index < -0.39 is 5.79 Å². The van der Waals surface area contributed by atoms with Gasteiger partial charge in [0.25, 0.3) is 0 Å². The molecule has 1 aliphatic heterocycles. The topological polar surface area (TPSA) is 49.4 Å². The predicted molar refractivity (Wildman–Crippen MR) is 94.5 cm³/mol. The van der Waals surface area contributed by atoms with Crippen molar-refractivity contribution in [1.29, 1.82) is 0 Å². The van der Waals surface area contributed by atoms with Crippen LogP contribution in [0.15, 0.2) is 18.2 Å². The first kappa shape index (κ1) is 17.2. The van der Waals surface area contributed by atoms with E-state index in [0.717, 1.165) is 17.3 Å². The zero-order chi connectivity index (χ0) is 17.7. The Morgan fingerprint density at radius 2 is 2.04 bits per heavy atom. The molecule has 0 bridgehead atoms.